The first kappa shape index (κ1) is 29.4. The van der Waals surface area contributed by atoms with E-state index in [1.165, 1.54) is 4.90 Å². The van der Waals surface area contributed by atoms with Gasteiger partial charge in [0, 0.05) is 37.2 Å². The molecule has 1 N–H and O–H groups in total. The van der Waals surface area contributed by atoms with Crippen LogP contribution in [-0.2, 0) is 25.5 Å². The number of halogens is 3. The lowest BCUT2D eigenvalue weighted by Crippen LogP contribution is -2.52. The van der Waals surface area contributed by atoms with Crippen LogP contribution in [0.2, 0.25) is 0 Å². The number of alkyl halides is 3. The SMILES string of the molecule is CC1CN(c2ccc(Nc3ncc(C(F)(F)F)c(-c4cc5c(s4)C(=O)N(C4COC4)CCS5(=O)=O)n3)c(C3CC3)c2)CCO1. The van der Waals surface area contributed by atoms with E-state index in [0.717, 1.165) is 43.2 Å². The molecule has 3 aliphatic heterocycles. The maximum Gasteiger partial charge on any atom is 0.420 e. The number of sulfone groups is 1. The molecule has 7 rings (SSSR count). The summed E-state index contributed by atoms with van der Waals surface area (Å²) in [5, 5.41) is 3.12. The van der Waals surface area contributed by atoms with Gasteiger partial charge in [-0.2, -0.15) is 13.2 Å². The molecule has 3 aromatic rings. The zero-order valence-electron chi connectivity index (χ0n) is 23.8. The Kier molecular flexibility index (Phi) is 7.34. The highest BCUT2D eigenvalue weighted by Gasteiger charge is 2.41. The number of carbonyl (C=O) groups is 1. The Bertz CT molecular complexity index is 1720. The van der Waals surface area contributed by atoms with Gasteiger partial charge < -0.3 is 24.6 Å². The number of aromatic nitrogens is 2. The fraction of sp³-hybridized carbons (Fsp3) is 0.483. The second kappa shape index (κ2) is 11.0. The highest BCUT2D eigenvalue weighted by Crippen LogP contribution is 2.46. The van der Waals surface area contributed by atoms with E-state index in [9.17, 15) is 26.4 Å². The predicted octanol–water partition coefficient (Wildman–Crippen LogP) is 4.70. The van der Waals surface area contributed by atoms with Crippen molar-refractivity contribution in [1.82, 2.24) is 14.9 Å². The van der Waals surface area contributed by atoms with Crippen molar-refractivity contribution >= 4 is 44.4 Å². The first-order valence-corrected chi connectivity index (χ1v) is 16.9. The summed E-state index contributed by atoms with van der Waals surface area (Å²) in [7, 11) is -3.93. The largest absolute Gasteiger partial charge is 0.420 e. The van der Waals surface area contributed by atoms with Crippen LogP contribution in [-0.4, -0.2) is 86.5 Å². The first-order valence-electron chi connectivity index (χ1n) is 14.5. The zero-order chi connectivity index (χ0) is 30.8. The lowest BCUT2D eigenvalue weighted by molar-refractivity contribution is -0.137. The minimum atomic E-state index is -4.82. The Morgan fingerprint density at radius 3 is 2.61 bits per heavy atom. The number of nitrogens with zero attached hydrogens (tertiary/aromatic N) is 4. The van der Waals surface area contributed by atoms with E-state index in [-0.39, 0.29) is 58.3 Å². The molecule has 0 spiro atoms. The Labute approximate surface area is 256 Å². The average Bonchev–Trinajstić information content (AvgIpc) is 3.71. The molecule has 0 bridgehead atoms. The van der Waals surface area contributed by atoms with E-state index in [0.29, 0.717) is 35.7 Å². The standard InChI is InChI=1S/C29H30F3N5O5S2/c1-16-13-36(6-8-42-16)18-4-5-22(20(10-18)17-2-3-17)34-28-33-12-21(29(30,31)32)25(35-28)23-11-24-26(43-23)27(38)37(19-14-41-15-19)7-9-44(24,39)40/h4-5,10-12,16-17,19H,2-3,6-9,13-15H2,1H3,(H,33,34,35). The fourth-order valence-corrected chi connectivity index (χ4v) is 8.70. The number of fused-ring (bicyclic) bond motifs is 1. The van der Waals surface area contributed by atoms with Gasteiger partial charge in [-0.15, -0.1) is 11.3 Å². The molecule has 0 radical (unpaired) electrons. The molecular weight excluding hydrogens is 619 g/mol. The van der Waals surface area contributed by atoms with Crippen molar-refractivity contribution in [3.8, 4) is 10.6 Å². The van der Waals surface area contributed by atoms with Crippen LogP contribution in [0.3, 0.4) is 0 Å². The van der Waals surface area contributed by atoms with Crippen LogP contribution in [0.4, 0.5) is 30.5 Å². The number of amides is 1. The number of rotatable bonds is 6. The van der Waals surface area contributed by atoms with E-state index >= 15 is 0 Å². The van der Waals surface area contributed by atoms with Crippen LogP contribution in [0.1, 0.15) is 46.5 Å². The molecule has 3 fully saturated rings. The van der Waals surface area contributed by atoms with Crippen LogP contribution in [0.25, 0.3) is 10.6 Å². The Hall–Kier alpha value is -3.27. The lowest BCUT2D eigenvalue weighted by atomic mass is 10.1. The van der Waals surface area contributed by atoms with Gasteiger partial charge in [0.2, 0.25) is 5.95 Å². The summed E-state index contributed by atoms with van der Waals surface area (Å²) < 4.78 is 79.7. The summed E-state index contributed by atoms with van der Waals surface area (Å²) in [6.45, 7) is 4.75. The third-order valence-electron chi connectivity index (χ3n) is 8.38. The summed E-state index contributed by atoms with van der Waals surface area (Å²) in [5.41, 5.74) is 1.18. The summed E-state index contributed by atoms with van der Waals surface area (Å²) in [6, 6.07) is 6.83. The van der Waals surface area contributed by atoms with Crippen LogP contribution < -0.4 is 10.2 Å². The highest BCUT2D eigenvalue weighted by molar-refractivity contribution is 7.91. The summed E-state index contributed by atoms with van der Waals surface area (Å²) in [5.74, 6) is -0.605. The van der Waals surface area contributed by atoms with E-state index in [4.69, 9.17) is 9.47 Å². The molecule has 5 heterocycles. The second-order valence-corrected chi connectivity index (χ2v) is 14.7. The highest BCUT2D eigenvalue weighted by atomic mass is 32.2. The molecule has 10 nitrogen and oxygen atoms in total. The third-order valence-corrected chi connectivity index (χ3v) is 11.4. The van der Waals surface area contributed by atoms with Gasteiger partial charge >= 0.3 is 6.18 Å². The third kappa shape index (κ3) is 5.54. The number of carbonyl (C=O) groups excluding carboxylic acids is 1. The van der Waals surface area contributed by atoms with Gasteiger partial charge in [0.15, 0.2) is 9.84 Å². The molecule has 234 valence electrons. The van der Waals surface area contributed by atoms with Gasteiger partial charge in [-0.3, -0.25) is 4.79 Å². The van der Waals surface area contributed by atoms with Crippen molar-refractivity contribution in [2.24, 2.45) is 0 Å². The smallest absolute Gasteiger partial charge is 0.377 e. The van der Waals surface area contributed by atoms with Crippen molar-refractivity contribution in [2.45, 2.75) is 48.9 Å². The Balaban J connectivity index is 1.25. The van der Waals surface area contributed by atoms with Crippen molar-refractivity contribution < 1.29 is 35.9 Å². The topological polar surface area (TPSA) is 114 Å². The molecule has 2 saturated heterocycles. The minimum absolute atomic E-state index is 0.00597. The van der Waals surface area contributed by atoms with Gasteiger partial charge in [-0.05, 0) is 55.5 Å². The average molecular weight is 650 g/mol. The van der Waals surface area contributed by atoms with E-state index < -0.39 is 33.2 Å². The molecule has 1 unspecified atom stereocenters. The number of nitrogens with one attached hydrogen (secondary N) is 1. The van der Waals surface area contributed by atoms with Crippen molar-refractivity contribution in [3.63, 3.8) is 0 Å². The maximum atomic E-state index is 14.2. The molecular formula is C29H30F3N5O5S2. The number of morpholine rings is 1. The number of hydrogen-bond acceptors (Lipinski definition) is 10. The predicted molar refractivity (Wildman–Crippen MR) is 157 cm³/mol. The van der Waals surface area contributed by atoms with E-state index in [2.05, 4.69) is 26.3 Å². The second-order valence-electron chi connectivity index (χ2n) is 11.6. The zero-order valence-corrected chi connectivity index (χ0v) is 25.4. The van der Waals surface area contributed by atoms with Gasteiger partial charge in [0.25, 0.3) is 5.91 Å². The van der Waals surface area contributed by atoms with Crippen LogP contribution in [0, 0.1) is 0 Å². The first-order chi connectivity index (χ1) is 21.0. The lowest BCUT2D eigenvalue weighted by Gasteiger charge is -2.36. The molecule has 1 aromatic carbocycles. The van der Waals surface area contributed by atoms with Gasteiger partial charge in [-0.25, -0.2) is 18.4 Å². The molecule has 4 aliphatic rings. The fourth-order valence-electron chi connectivity index (χ4n) is 5.79. The number of ether oxygens (including phenoxy) is 2. The van der Waals surface area contributed by atoms with Crippen LogP contribution in [0.15, 0.2) is 35.4 Å². The van der Waals surface area contributed by atoms with Crippen LogP contribution >= 0.6 is 11.3 Å². The minimum Gasteiger partial charge on any atom is -0.377 e. The molecule has 1 saturated carbocycles. The molecule has 1 aliphatic carbocycles. The molecule has 2 aromatic heterocycles. The normalized spacial score (nSPS) is 22.4. The number of anilines is 3. The maximum absolute atomic E-state index is 14.2. The van der Waals surface area contributed by atoms with Gasteiger partial charge in [0.05, 0.1) is 53.2 Å². The Morgan fingerprint density at radius 2 is 1.93 bits per heavy atom. The molecule has 44 heavy (non-hydrogen) atoms. The van der Waals surface area contributed by atoms with Gasteiger partial charge in [0.1, 0.15) is 10.4 Å². The quantitative estimate of drug-likeness (QED) is 0.406. The summed E-state index contributed by atoms with van der Waals surface area (Å²) in [6.07, 6.45) is -2.00. The molecule has 1 amide bonds. The van der Waals surface area contributed by atoms with Gasteiger partial charge in [-0.1, -0.05) is 0 Å². The Morgan fingerprint density at radius 1 is 1.14 bits per heavy atom. The number of benzene rings is 1. The number of hydrogen-bond donors (Lipinski definition) is 1. The van der Waals surface area contributed by atoms with Crippen molar-refractivity contribution in [1.29, 1.82) is 0 Å². The molecule has 15 heteroatoms. The van der Waals surface area contributed by atoms with Crippen LogP contribution in [0.5, 0.6) is 0 Å². The van der Waals surface area contributed by atoms with E-state index in [1.807, 2.05) is 19.1 Å². The monoisotopic (exact) mass is 649 g/mol. The number of thiophene rings is 1. The van der Waals surface area contributed by atoms with Crippen molar-refractivity contribution in [2.75, 3.05) is 55.4 Å². The van der Waals surface area contributed by atoms with Crippen molar-refractivity contribution in [3.05, 3.63) is 46.5 Å². The summed E-state index contributed by atoms with van der Waals surface area (Å²) >= 11 is 0.704. The molecule has 1 atom stereocenters. The summed E-state index contributed by atoms with van der Waals surface area (Å²) in [4.78, 5) is 24.9. The van der Waals surface area contributed by atoms with E-state index in [1.54, 1.807) is 0 Å².